The zero-order chi connectivity index (χ0) is 11.8. The molecule has 0 aromatic heterocycles. The predicted molar refractivity (Wildman–Crippen MR) is 72.3 cm³/mol. The number of benzene rings is 1. The molecule has 0 aliphatic heterocycles. The lowest BCUT2D eigenvalue weighted by atomic mass is 10.0. The highest BCUT2D eigenvalue weighted by Gasteiger charge is 2.03. The molecule has 0 heterocycles. The van der Waals surface area contributed by atoms with Gasteiger partial charge >= 0.3 is 0 Å². The molecule has 1 unspecified atom stereocenters. The summed E-state index contributed by atoms with van der Waals surface area (Å²) in [5.41, 5.74) is 2.35. The Kier molecular flexibility index (Phi) is 7.07. The minimum Gasteiger partial charge on any atom is -0.480 e. The molecule has 0 radical (unpaired) electrons. The van der Waals surface area contributed by atoms with Crippen molar-refractivity contribution in [2.45, 2.75) is 33.6 Å². The molecule has 0 saturated heterocycles. The summed E-state index contributed by atoms with van der Waals surface area (Å²) in [6.45, 7) is 12.1. The Labute approximate surface area is 95.8 Å². The summed E-state index contributed by atoms with van der Waals surface area (Å²) in [7, 11) is 2.25. The molecule has 1 aromatic carbocycles. The molecular formula is C13H21OP. The number of rotatable bonds is 3. The highest BCUT2D eigenvalue weighted by molar-refractivity contribution is 7.10. The second-order valence-corrected chi connectivity index (χ2v) is 3.51. The second-order valence-electron chi connectivity index (χ2n) is 3.27. The van der Waals surface area contributed by atoms with Crippen LogP contribution in [0, 0.1) is 0 Å². The minimum atomic E-state index is 0.539. The van der Waals surface area contributed by atoms with Crippen molar-refractivity contribution >= 4 is 15.5 Å². The first-order chi connectivity index (χ1) is 7.19. The van der Waals surface area contributed by atoms with Crippen molar-refractivity contribution in [3.05, 3.63) is 35.9 Å². The van der Waals surface area contributed by atoms with Crippen molar-refractivity contribution in [2.24, 2.45) is 0 Å². The van der Waals surface area contributed by atoms with Crippen LogP contribution in [-0.4, -0.2) is 0 Å². The quantitative estimate of drug-likeness (QED) is 0.679. The van der Waals surface area contributed by atoms with Crippen LogP contribution in [0.15, 0.2) is 24.8 Å². The van der Waals surface area contributed by atoms with Gasteiger partial charge in [0.1, 0.15) is 5.75 Å². The van der Waals surface area contributed by atoms with E-state index in [4.69, 9.17) is 4.52 Å². The van der Waals surface area contributed by atoms with E-state index in [-0.39, 0.29) is 0 Å². The Morgan fingerprint density at radius 3 is 2.33 bits per heavy atom. The van der Waals surface area contributed by atoms with Crippen molar-refractivity contribution in [1.82, 2.24) is 0 Å². The van der Waals surface area contributed by atoms with Gasteiger partial charge in [0.15, 0.2) is 0 Å². The Morgan fingerprint density at radius 1 is 1.33 bits per heavy atom. The lowest BCUT2D eigenvalue weighted by molar-refractivity contribution is 0.643. The zero-order valence-electron chi connectivity index (χ0n) is 10.1. The van der Waals surface area contributed by atoms with Gasteiger partial charge < -0.3 is 4.52 Å². The molecule has 0 spiro atoms. The van der Waals surface area contributed by atoms with E-state index in [2.05, 4.69) is 42.0 Å². The summed E-state index contributed by atoms with van der Waals surface area (Å²) in [6, 6.07) is 6.16. The smallest absolute Gasteiger partial charge is 0.129 e. The van der Waals surface area contributed by atoms with Crippen molar-refractivity contribution < 1.29 is 4.52 Å². The first-order valence-electron chi connectivity index (χ1n) is 5.32. The normalized spacial score (nSPS) is 9.20. The maximum Gasteiger partial charge on any atom is 0.129 e. The average molecular weight is 224 g/mol. The molecular weight excluding hydrogens is 203 g/mol. The summed E-state index contributed by atoms with van der Waals surface area (Å²) < 4.78 is 5.12. The van der Waals surface area contributed by atoms with Crippen LogP contribution in [-0.2, 0) is 0 Å². The second kappa shape index (κ2) is 7.48. The van der Waals surface area contributed by atoms with Gasteiger partial charge in [-0.25, -0.2) is 0 Å². The van der Waals surface area contributed by atoms with Gasteiger partial charge in [-0.15, -0.1) is 0 Å². The highest BCUT2D eigenvalue weighted by Crippen LogP contribution is 2.26. The van der Waals surface area contributed by atoms with Crippen LogP contribution in [0.4, 0.5) is 0 Å². The van der Waals surface area contributed by atoms with Crippen molar-refractivity contribution in [3.8, 4) is 5.75 Å². The van der Waals surface area contributed by atoms with E-state index in [0.29, 0.717) is 5.92 Å². The van der Waals surface area contributed by atoms with E-state index >= 15 is 0 Å². The van der Waals surface area contributed by atoms with Gasteiger partial charge in [0.05, 0.1) is 9.47 Å². The predicted octanol–water partition coefficient (Wildman–Crippen LogP) is 4.65. The summed E-state index contributed by atoms with van der Waals surface area (Å²) in [4.78, 5) is 0. The Hall–Kier alpha value is -0.810. The van der Waals surface area contributed by atoms with Crippen LogP contribution >= 0.6 is 9.47 Å². The van der Waals surface area contributed by atoms with Crippen LogP contribution in [0.3, 0.4) is 0 Å². The third-order valence-electron chi connectivity index (χ3n) is 2.05. The molecule has 0 amide bonds. The van der Waals surface area contributed by atoms with Crippen LogP contribution in [0.2, 0.25) is 0 Å². The zero-order valence-corrected chi connectivity index (χ0v) is 11.2. The third-order valence-corrected chi connectivity index (χ3v) is 2.30. The maximum absolute atomic E-state index is 5.12. The molecule has 1 nitrogen and oxygen atoms in total. The molecule has 1 atom stereocenters. The lowest BCUT2D eigenvalue weighted by Crippen LogP contribution is -1.89. The SMILES string of the molecule is C=Cc1cc(C(C)C)ccc1OP.CC. The molecule has 1 aromatic rings. The van der Waals surface area contributed by atoms with E-state index in [1.165, 1.54) is 5.56 Å². The van der Waals surface area contributed by atoms with E-state index in [9.17, 15) is 0 Å². The average Bonchev–Trinajstić information content (AvgIpc) is 2.30. The first-order valence-corrected chi connectivity index (χ1v) is 5.79. The Balaban J connectivity index is 0.000000921. The van der Waals surface area contributed by atoms with Crippen LogP contribution in [0.1, 0.15) is 44.7 Å². The van der Waals surface area contributed by atoms with E-state index in [1.807, 2.05) is 26.0 Å². The van der Waals surface area contributed by atoms with E-state index < -0.39 is 0 Å². The fourth-order valence-corrected chi connectivity index (χ4v) is 1.41. The van der Waals surface area contributed by atoms with E-state index in [0.717, 1.165) is 11.3 Å². The number of hydrogen-bond donors (Lipinski definition) is 0. The molecule has 0 saturated carbocycles. The lowest BCUT2D eigenvalue weighted by Gasteiger charge is -2.09. The number of hydrogen-bond acceptors (Lipinski definition) is 1. The summed E-state index contributed by atoms with van der Waals surface area (Å²) >= 11 is 0. The molecule has 15 heavy (non-hydrogen) atoms. The molecule has 2 heteroatoms. The van der Waals surface area contributed by atoms with Gasteiger partial charge in [-0.1, -0.05) is 46.4 Å². The Bertz CT molecular complexity index is 305. The molecule has 0 aliphatic carbocycles. The maximum atomic E-state index is 5.12. The monoisotopic (exact) mass is 224 g/mol. The van der Waals surface area contributed by atoms with Gasteiger partial charge in [-0.2, -0.15) is 0 Å². The highest BCUT2D eigenvalue weighted by atomic mass is 31.0. The van der Waals surface area contributed by atoms with Gasteiger partial charge in [0.2, 0.25) is 0 Å². The fraction of sp³-hybridized carbons (Fsp3) is 0.385. The van der Waals surface area contributed by atoms with Crippen molar-refractivity contribution in [1.29, 1.82) is 0 Å². The van der Waals surface area contributed by atoms with Gasteiger partial charge in [0.25, 0.3) is 0 Å². The summed E-state index contributed by atoms with van der Waals surface area (Å²) in [5.74, 6) is 1.39. The largest absolute Gasteiger partial charge is 0.480 e. The van der Waals surface area contributed by atoms with Crippen molar-refractivity contribution in [3.63, 3.8) is 0 Å². The first kappa shape index (κ1) is 14.2. The summed E-state index contributed by atoms with van der Waals surface area (Å²) in [6.07, 6.45) is 1.81. The van der Waals surface area contributed by atoms with E-state index in [1.54, 1.807) is 0 Å². The summed E-state index contributed by atoms with van der Waals surface area (Å²) in [5, 5.41) is 0. The minimum absolute atomic E-state index is 0.539. The van der Waals surface area contributed by atoms with Gasteiger partial charge in [0, 0.05) is 5.56 Å². The van der Waals surface area contributed by atoms with Crippen LogP contribution < -0.4 is 4.52 Å². The van der Waals surface area contributed by atoms with Gasteiger partial charge in [-0.3, -0.25) is 0 Å². The van der Waals surface area contributed by atoms with Crippen molar-refractivity contribution in [2.75, 3.05) is 0 Å². The standard InChI is InChI=1S/C11H15OP.C2H6/c1-4-9-7-10(8(2)3)5-6-11(9)12-13;1-2/h4-8H,1,13H2,2-3H3;1-2H3. The fourth-order valence-electron chi connectivity index (χ4n) is 1.19. The molecule has 0 fully saturated rings. The Morgan fingerprint density at radius 2 is 1.93 bits per heavy atom. The van der Waals surface area contributed by atoms with Crippen LogP contribution in [0.5, 0.6) is 5.75 Å². The topological polar surface area (TPSA) is 9.23 Å². The third kappa shape index (κ3) is 4.05. The molecule has 84 valence electrons. The van der Waals surface area contributed by atoms with Crippen LogP contribution in [0.25, 0.3) is 6.08 Å². The molecule has 0 N–H and O–H groups in total. The molecule has 1 rings (SSSR count). The molecule has 0 aliphatic rings. The molecule has 0 bridgehead atoms. The van der Waals surface area contributed by atoms with Gasteiger partial charge in [-0.05, 0) is 23.6 Å².